The highest BCUT2D eigenvalue weighted by atomic mass is 16.5. The smallest absolute Gasteiger partial charge is 0.191 e. The van der Waals surface area contributed by atoms with Crippen LogP contribution in [0.5, 0.6) is 5.75 Å². The molecule has 0 aliphatic rings. The molecule has 136 valence electrons. The molecule has 6 heteroatoms. The molecule has 0 saturated carbocycles. The van der Waals surface area contributed by atoms with Crippen LogP contribution in [0.15, 0.2) is 48.0 Å². The largest absolute Gasteiger partial charge is 0.488 e. The molecule has 1 aromatic carbocycles. The molecule has 0 atom stereocenters. The maximum absolute atomic E-state index is 6.03. The van der Waals surface area contributed by atoms with E-state index in [9.17, 15) is 0 Å². The minimum absolute atomic E-state index is 0.219. The van der Waals surface area contributed by atoms with Gasteiger partial charge in [-0.05, 0) is 33.3 Å². The maximum atomic E-state index is 6.03. The van der Waals surface area contributed by atoms with Crippen LogP contribution in [0.3, 0.4) is 0 Å². The number of nitrogens with zero attached hydrogens (tertiary/aromatic N) is 3. The van der Waals surface area contributed by atoms with Crippen LogP contribution in [0, 0.1) is 0 Å². The maximum Gasteiger partial charge on any atom is 0.191 e. The third-order valence-corrected chi connectivity index (χ3v) is 3.50. The first-order chi connectivity index (χ1) is 12.0. The summed E-state index contributed by atoms with van der Waals surface area (Å²) in [6.07, 6.45) is 6.60. The first kappa shape index (κ1) is 18.8. The highest BCUT2D eigenvalue weighted by molar-refractivity contribution is 5.79. The Labute approximate surface area is 150 Å². The normalized spacial score (nSPS) is 12.1. The summed E-state index contributed by atoms with van der Waals surface area (Å²) < 4.78 is 8.10. The Morgan fingerprint density at radius 3 is 2.72 bits per heavy atom. The standard InChI is InChI=1S/C19H29N5O/c1-19(2,3)25-17-9-6-5-8-16(17)14-23-18(20-4)22-10-7-12-24-13-11-21-15-24/h5-6,8-9,11,13,15H,7,10,12,14H2,1-4H3,(H2,20,22,23). The van der Waals surface area contributed by atoms with Gasteiger partial charge in [-0.25, -0.2) is 4.98 Å². The molecule has 0 fully saturated rings. The van der Waals surface area contributed by atoms with E-state index in [1.165, 1.54) is 0 Å². The molecule has 2 N–H and O–H groups in total. The summed E-state index contributed by atoms with van der Waals surface area (Å²) in [6, 6.07) is 8.09. The lowest BCUT2D eigenvalue weighted by molar-refractivity contribution is 0.129. The molecule has 0 amide bonds. The van der Waals surface area contributed by atoms with Crippen molar-refractivity contribution < 1.29 is 4.74 Å². The van der Waals surface area contributed by atoms with E-state index in [2.05, 4.69) is 52.0 Å². The lowest BCUT2D eigenvalue weighted by atomic mass is 10.1. The summed E-state index contributed by atoms with van der Waals surface area (Å²) in [6.45, 7) is 8.60. The van der Waals surface area contributed by atoms with Crippen molar-refractivity contribution in [3.05, 3.63) is 48.5 Å². The molecule has 2 aromatic rings. The van der Waals surface area contributed by atoms with Crippen molar-refractivity contribution >= 4 is 5.96 Å². The molecule has 0 aliphatic carbocycles. The Balaban J connectivity index is 1.80. The van der Waals surface area contributed by atoms with E-state index in [0.29, 0.717) is 6.54 Å². The number of aryl methyl sites for hydroxylation is 1. The molecule has 0 spiro atoms. The molecule has 2 rings (SSSR count). The molecule has 0 radical (unpaired) electrons. The zero-order chi connectivity index (χ0) is 18.1. The highest BCUT2D eigenvalue weighted by Crippen LogP contribution is 2.22. The second-order valence-corrected chi connectivity index (χ2v) is 6.83. The quantitative estimate of drug-likeness (QED) is 0.461. The second-order valence-electron chi connectivity index (χ2n) is 6.83. The number of imidazole rings is 1. The molecular weight excluding hydrogens is 314 g/mol. The minimum atomic E-state index is -0.219. The number of rotatable bonds is 7. The fraction of sp³-hybridized carbons (Fsp3) is 0.474. The van der Waals surface area contributed by atoms with Crippen LogP contribution in [-0.4, -0.2) is 34.7 Å². The van der Waals surface area contributed by atoms with Crippen molar-refractivity contribution in [3.8, 4) is 5.75 Å². The van der Waals surface area contributed by atoms with E-state index >= 15 is 0 Å². The zero-order valence-electron chi connectivity index (χ0n) is 15.6. The van der Waals surface area contributed by atoms with Crippen LogP contribution in [0.25, 0.3) is 0 Å². The van der Waals surface area contributed by atoms with E-state index < -0.39 is 0 Å². The Morgan fingerprint density at radius 1 is 1.24 bits per heavy atom. The third kappa shape index (κ3) is 6.87. The minimum Gasteiger partial charge on any atom is -0.488 e. The first-order valence-corrected chi connectivity index (χ1v) is 8.65. The van der Waals surface area contributed by atoms with Crippen LogP contribution < -0.4 is 15.4 Å². The Bertz CT molecular complexity index is 659. The highest BCUT2D eigenvalue weighted by Gasteiger charge is 2.14. The number of para-hydroxylation sites is 1. The van der Waals surface area contributed by atoms with Crippen molar-refractivity contribution in [2.75, 3.05) is 13.6 Å². The van der Waals surface area contributed by atoms with E-state index in [1.807, 2.05) is 30.7 Å². The summed E-state index contributed by atoms with van der Waals surface area (Å²) in [7, 11) is 1.78. The predicted octanol–water partition coefficient (Wildman–Crippen LogP) is 2.82. The number of nitrogens with one attached hydrogen (secondary N) is 2. The second kappa shape index (κ2) is 9.11. The summed E-state index contributed by atoms with van der Waals surface area (Å²) >= 11 is 0. The van der Waals surface area contributed by atoms with Crippen molar-refractivity contribution in [3.63, 3.8) is 0 Å². The molecule has 0 saturated heterocycles. The van der Waals surface area contributed by atoms with Gasteiger partial charge in [0.2, 0.25) is 0 Å². The van der Waals surface area contributed by atoms with Crippen LogP contribution in [0.4, 0.5) is 0 Å². The van der Waals surface area contributed by atoms with Gasteiger partial charge >= 0.3 is 0 Å². The van der Waals surface area contributed by atoms with Gasteiger partial charge in [-0.3, -0.25) is 4.99 Å². The van der Waals surface area contributed by atoms with Gasteiger partial charge in [0, 0.05) is 44.6 Å². The van der Waals surface area contributed by atoms with Gasteiger partial charge in [0.25, 0.3) is 0 Å². The fourth-order valence-corrected chi connectivity index (χ4v) is 2.37. The summed E-state index contributed by atoms with van der Waals surface area (Å²) in [5.41, 5.74) is 0.891. The summed E-state index contributed by atoms with van der Waals surface area (Å²) in [5.74, 6) is 1.69. The lowest BCUT2D eigenvalue weighted by Gasteiger charge is -2.23. The Kier molecular flexibility index (Phi) is 6.86. The average molecular weight is 343 g/mol. The van der Waals surface area contributed by atoms with Crippen LogP contribution in [-0.2, 0) is 13.1 Å². The number of benzene rings is 1. The number of ether oxygens (including phenoxy) is 1. The van der Waals surface area contributed by atoms with Crippen molar-refractivity contribution in [1.29, 1.82) is 0 Å². The summed E-state index contributed by atoms with van der Waals surface area (Å²) in [5, 5.41) is 6.68. The van der Waals surface area contributed by atoms with E-state index in [1.54, 1.807) is 13.2 Å². The molecule has 1 heterocycles. The van der Waals surface area contributed by atoms with Crippen LogP contribution >= 0.6 is 0 Å². The van der Waals surface area contributed by atoms with Crippen LogP contribution in [0.1, 0.15) is 32.8 Å². The molecule has 25 heavy (non-hydrogen) atoms. The number of hydrogen-bond donors (Lipinski definition) is 2. The van der Waals surface area contributed by atoms with Crippen molar-refractivity contribution in [1.82, 2.24) is 20.2 Å². The van der Waals surface area contributed by atoms with Gasteiger partial charge in [0.1, 0.15) is 11.4 Å². The molecule has 6 nitrogen and oxygen atoms in total. The predicted molar refractivity (Wildman–Crippen MR) is 102 cm³/mol. The van der Waals surface area contributed by atoms with E-state index in [-0.39, 0.29) is 5.60 Å². The monoisotopic (exact) mass is 343 g/mol. The molecule has 1 aromatic heterocycles. The summed E-state index contributed by atoms with van der Waals surface area (Å²) in [4.78, 5) is 8.32. The van der Waals surface area contributed by atoms with Crippen LogP contribution in [0.2, 0.25) is 0 Å². The van der Waals surface area contributed by atoms with E-state index in [4.69, 9.17) is 4.74 Å². The number of aromatic nitrogens is 2. The van der Waals surface area contributed by atoms with Gasteiger partial charge in [-0.1, -0.05) is 18.2 Å². The zero-order valence-corrected chi connectivity index (χ0v) is 15.6. The molecule has 0 bridgehead atoms. The topological polar surface area (TPSA) is 63.5 Å². The number of guanidine groups is 1. The van der Waals surface area contributed by atoms with Crippen molar-refractivity contribution in [2.24, 2.45) is 4.99 Å². The number of hydrogen-bond acceptors (Lipinski definition) is 3. The van der Waals surface area contributed by atoms with Gasteiger partial charge in [-0.2, -0.15) is 0 Å². The number of aliphatic imine (C=N–C) groups is 1. The first-order valence-electron chi connectivity index (χ1n) is 8.65. The van der Waals surface area contributed by atoms with Gasteiger partial charge < -0.3 is 19.9 Å². The van der Waals surface area contributed by atoms with Gasteiger partial charge in [0.15, 0.2) is 5.96 Å². The molecule has 0 unspecified atom stereocenters. The van der Waals surface area contributed by atoms with Crippen molar-refractivity contribution in [2.45, 2.75) is 45.9 Å². The Hall–Kier alpha value is -2.50. The lowest BCUT2D eigenvalue weighted by Crippen LogP contribution is -2.37. The Morgan fingerprint density at radius 2 is 2.04 bits per heavy atom. The van der Waals surface area contributed by atoms with Gasteiger partial charge in [-0.15, -0.1) is 0 Å². The molecule has 0 aliphatic heterocycles. The van der Waals surface area contributed by atoms with E-state index in [0.717, 1.165) is 36.8 Å². The SMILES string of the molecule is CN=C(NCCCn1ccnc1)NCc1ccccc1OC(C)(C)C. The van der Waals surface area contributed by atoms with Gasteiger partial charge in [0.05, 0.1) is 6.33 Å². The average Bonchev–Trinajstić information content (AvgIpc) is 3.07. The molecular formula is C19H29N5O. The third-order valence-electron chi connectivity index (χ3n) is 3.50. The fourth-order valence-electron chi connectivity index (χ4n) is 2.37.